The van der Waals surface area contributed by atoms with E-state index in [1.54, 1.807) is 6.20 Å². The first-order valence-corrected chi connectivity index (χ1v) is 9.55. The topological polar surface area (TPSA) is 45.2 Å². The first kappa shape index (κ1) is 15.3. The van der Waals surface area contributed by atoms with E-state index in [0.717, 1.165) is 21.6 Å². The van der Waals surface area contributed by atoms with Crippen LogP contribution in [0.15, 0.2) is 34.9 Å². The molecule has 0 unspecified atom stereocenters. The molecule has 23 heavy (non-hydrogen) atoms. The Kier molecular flexibility index (Phi) is 4.22. The predicted octanol–water partition coefficient (Wildman–Crippen LogP) is 3.40. The molecular weight excluding hydrogens is 374 g/mol. The molecule has 3 aliphatic rings. The SMILES string of the molecule is O=C(N[C@H]1CN2CCC1CC2)c1cnc(-c2ccc(Br)cc2)s1. The van der Waals surface area contributed by atoms with Crippen LogP contribution in [0.4, 0.5) is 0 Å². The lowest BCUT2D eigenvalue weighted by molar-refractivity contribution is 0.0622. The van der Waals surface area contributed by atoms with Crippen LogP contribution in [0, 0.1) is 5.92 Å². The molecule has 5 rings (SSSR count). The normalized spacial score (nSPS) is 26.2. The molecule has 3 saturated heterocycles. The number of rotatable bonds is 3. The zero-order chi connectivity index (χ0) is 15.8. The summed E-state index contributed by atoms with van der Waals surface area (Å²) in [6.07, 6.45) is 4.11. The molecule has 0 aliphatic carbocycles. The average Bonchev–Trinajstić information content (AvgIpc) is 3.07. The number of hydrogen-bond acceptors (Lipinski definition) is 4. The van der Waals surface area contributed by atoms with Gasteiger partial charge < -0.3 is 10.2 Å². The summed E-state index contributed by atoms with van der Waals surface area (Å²) >= 11 is 4.89. The van der Waals surface area contributed by atoms with Crippen LogP contribution in [0.1, 0.15) is 22.5 Å². The summed E-state index contributed by atoms with van der Waals surface area (Å²) in [4.78, 5) is 20.1. The quantitative estimate of drug-likeness (QED) is 0.871. The van der Waals surface area contributed by atoms with Crippen molar-refractivity contribution in [1.82, 2.24) is 15.2 Å². The fourth-order valence-electron chi connectivity index (χ4n) is 3.47. The number of nitrogens with one attached hydrogen (secondary N) is 1. The lowest BCUT2D eigenvalue weighted by atomic mass is 9.84. The molecule has 6 heteroatoms. The van der Waals surface area contributed by atoms with E-state index in [9.17, 15) is 4.79 Å². The van der Waals surface area contributed by atoms with E-state index < -0.39 is 0 Å². The van der Waals surface area contributed by atoms with Crippen molar-refractivity contribution >= 4 is 33.2 Å². The number of benzene rings is 1. The van der Waals surface area contributed by atoms with Crippen molar-refractivity contribution < 1.29 is 4.79 Å². The van der Waals surface area contributed by atoms with Gasteiger partial charge in [-0.2, -0.15) is 0 Å². The molecular formula is C17H18BrN3OS. The number of fused-ring (bicyclic) bond motifs is 3. The van der Waals surface area contributed by atoms with Crippen LogP contribution in [-0.2, 0) is 0 Å². The Morgan fingerprint density at radius 2 is 2.00 bits per heavy atom. The molecule has 0 saturated carbocycles. The van der Waals surface area contributed by atoms with Crippen molar-refractivity contribution in [2.24, 2.45) is 5.92 Å². The second-order valence-electron chi connectivity index (χ2n) is 6.25. The Labute approximate surface area is 148 Å². The van der Waals surface area contributed by atoms with E-state index >= 15 is 0 Å². The van der Waals surface area contributed by atoms with Gasteiger partial charge in [0.2, 0.25) is 0 Å². The molecule has 1 aromatic heterocycles. The molecule has 1 amide bonds. The minimum absolute atomic E-state index is 0.0182. The van der Waals surface area contributed by atoms with Gasteiger partial charge in [0.1, 0.15) is 9.88 Å². The highest BCUT2D eigenvalue weighted by Gasteiger charge is 2.35. The third kappa shape index (κ3) is 3.20. The first-order chi connectivity index (χ1) is 11.2. The average molecular weight is 392 g/mol. The molecule has 0 radical (unpaired) electrons. The Bertz CT molecular complexity index is 707. The van der Waals surface area contributed by atoms with E-state index in [1.165, 1.54) is 37.3 Å². The van der Waals surface area contributed by atoms with Crippen LogP contribution in [0.3, 0.4) is 0 Å². The molecule has 3 aliphatic heterocycles. The number of piperidine rings is 3. The number of thiazole rings is 1. The highest BCUT2D eigenvalue weighted by molar-refractivity contribution is 9.10. The molecule has 1 N–H and O–H groups in total. The Balaban J connectivity index is 1.46. The lowest BCUT2D eigenvalue weighted by Gasteiger charge is -2.44. The maximum absolute atomic E-state index is 12.5. The summed E-state index contributed by atoms with van der Waals surface area (Å²) in [5.41, 5.74) is 1.04. The summed E-state index contributed by atoms with van der Waals surface area (Å²) in [5.74, 6) is 0.660. The predicted molar refractivity (Wildman–Crippen MR) is 95.7 cm³/mol. The van der Waals surface area contributed by atoms with Gasteiger partial charge in [-0.15, -0.1) is 11.3 Å². The molecule has 3 fully saturated rings. The maximum Gasteiger partial charge on any atom is 0.263 e. The largest absolute Gasteiger partial charge is 0.347 e. The Morgan fingerprint density at radius 1 is 1.26 bits per heavy atom. The zero-order valence-electron chi connectivity index (χ0n) is 12.7. The monoisotopic (exact) mass is 391 g/mol. The van der Waals surface area contributed by atoms with Crippen molar-refractivity contribution in [1.29, 1.82) is 0 Å². The van der Waals surface area contributed by atoms with Gasteiger partial charge in [0.15, 0.2) is 0 Å². The highest BCUT2D eigenvalue weighted by atomic mass is 79.9. The summed E-state index contributed by atoms with van der Waals surface area (Å²) in [6.45, 7) is 3.37. The zero-order valence-corrected chi connectivity index (χ0v) is 15.1. The van der Waals surface area contributed by atoms with Gasteiger partial charge in [-0.1, -0.05) is 28.1 Å². The van der Waals surface area contributed by atoms with E-state index in [-0.39, 0.29) is 5.91 Å². The smallest absolute Gasteiger partial charge is 0.263 e. The summed E-state index contributed by atoms with van der Waals surface area (Å²) in [5, 5.41) is 4.11. The van der Waals surface area contributed by atoms with Crippen molar-refractivity contribution in [2.75, 3.05) is 19.6 Å². The summed E-state index contributed by atoms with van der Waals surface area (Å²) < 4.78 is 1.04. The van der Waals surface area contributed by atoms with Gasteiger partial charge in [-0.05, 0) is 44.0 Å². The Morgan fingerprint density at radius 3 is 2.65 bits per heavy atom. The van der Waals surface area contributed by atoms with Crippen molar-refractivity contribution in [3.8, 4) is 10.6 Å². The van der Waals surface area contributed by atoms with Crippen molar-refractivity contribution in [3.05, 3.63) is 39.8 Å². The first-order valence-electron chi connectivity index (χ1n) is 7.94. The molecule has 4 heterocycles. The Hall–Kier alpha value is -1.24. The van der Waals surface area contributed by atoms with Gasteiger partial charge in [-0.25, -0.2) is 4.98 Å². The van der Waals surface area contributed by atoms with Crippen LogP contribution < -0.4 is 5.32 Å². The van der Waals surface area contributed by atoms with E-state index in [1.807, 2.05) is 24.3 Å². The van der Waals surface area contributed by atoms with Gasteiger partial charge in [0.25, 0.3) is 5.91 Å². The minimum Gasteiger partial charge on any atom is -0.347 e. The number of aromatic nitrogens is 1. The molecule has 4 nitrogen and oxygen atoms in total. The van der Waals surface area contributed by atoms with Crippen LogP contribution in [0.25, 0.3) is 10.6 Å². The van der Waals surface area contributed by atoms with Crippen LogP contribution in [-0.4, -0.2) is 41.5 Å². The van der Waals surface area contributed by atoms with E-state index in [2.05, 4.69) is 31.1 Å². The van der Waals surface area contributed by atoms with Gasteiger partial charge >= 0.3 is 0 Å². The number of hydrogen-bond donors (Lipinski definition) is 1. The maximum atomic E-state index is 12.5. The number of halogens is 1. The highest BCUT2D eigenvalue weighted by Crippen LogP contribution is 2.29. The number of carbonyl (C=O) groups is 1. The van der Waals surface area contributed by atoms with Crippen molar-refractivity contribution in [3.63, 3.8) is 0 Å². The molecule has 1 atom stereocenters. The van der Waals surface area contributed by atoms with Gasteiger partial charge in [-0.3, -0.25) is 4.79 Å². The van der Waals surface area contributed by atoms with Crippen LogP contribution in [0.2, 0.25) is 0 Å². The third-order valence-corrected chi connectivity index (χ3v) is 6.37. The molecule has 120 valence electrons. The molecule has 2 aromatic rings. The fourth-order valence-corrected chi connectivity index (χ4v) is 4.56. The van der Waals surface area contributed by atoms with Crippen LogP contribution in [0.5, 0.6) is 0 Å². The van der Waals surface area contributed by atoms with Crippen molar-refractivity contribution in [2.45, 2.75) is 18.9 Å². The second kappa shape index (κ2) is 6.34. The van der Waals surface area contributed by atoms with Gasteiger partial charge in [0, 0.05) is 22.6 Å². The molecule has 0 spiro atoms. The summed E-state index contributed by atoms with van der Waals surface area (Å²) in [7, 11) is 0. The van der Waals surface area contributed by atoms with E-state index in [0.29, 0.717) is 16.8 Å². The number of nitrogens with zero attached hydrogens (tertiary/aromatic N) is 2. The standard InChI is InChI=1S/C17H18BrN3OS/c18-13-3-1-12(2-4-13)17-19-9-15(23-17)16(22)20-14-10-21-7-5-11(14)6-8-21/h1-4,9,11,14H,5-8,10H2,(H,20,22)/t14-/m0/s1. The van der Waals surface area contributed by atoms with Crippen LogP contribution >= 0.6 is 27.3 Å². The van der Waals surface area contributed by atoms with Gasteiger partial charge in [0.05, 0.1) is 6.20 Å². The summed E-state index contributed by atoms with van der Waals surface area (Å²) in [6, 6.07) is 8.30. The minimum atomic E-state index is 0.0182. The second-order valence-corrected chi connectivity index (χ2v) is 8.20. The molecule has 2 bridgehead atoms. The third-order valence-electron chi connectivity index (χ3n) is 4.79. The van der Waals surface area contributed by atoms with E-state index in [4.69, 9.17) is 0 Å². The number of amides is 1. The number of carbonyl (C=O) groups excluding carboxylic acids is 1. The lowest BCUT2D eigenvalue weighted by Crippen LogP contribution is -2.57. The fraction of sp³-hybridized carbons (Fsp3) is 0.412. The molecule has 1 aromatic carbocycles.